The molecule has 1 aromatic heterocycles. The second-order valence-electron chi connectivity index (χ2n) is 5.71. The Kier molecular flexibility index (Phi) is 6.17. The zero-order chi connectivity index (χ0) is 14.4. The first kappa shape index (κ1) is 15.6. The minimum Gasteiger partial charge on any atom is -0.355 e. The fourth-order valence-corrected chi connectivity index (χ4v) is 3.30. The summed E-state index contributed by atoms with van der Waals surface area (Å²) in [7, 11) is 0. The number of hydrogen-bond donors (Lipinski definition) is 1. The highest BCUT2D eigenvalue weighted by atomic mass is 32.2. The van der Waals surface area contributed by atoms with Crippen molar-refractivity contribution in [3.8, 4) is 0 Å². The standard InChI is InChI=1S/C16H27N3S/c1-4-5-15-10-14(12-17-13(2)3)11-16(18-15)19-6-8-20-9-7-19/h10-11,13,17H,4-9,12H2,1-3H3. The second-order valence-corrected chi connectivity index (χ2v) is 6.93. The molecule has 0 bridgehead atoms. The predicted molar refractivity (Wildman–Crippen MR) is 89.7 cm³/mol. The summed E-state index contributed by atoms with van der Waals surface area (Å²) in [6.07, 6.45) is 2.23. The van der Waals surface area contributed by atoms with Crippen LogP contribution in [0.25, 0.3) is 0 Å². The van der Waals surface area contributed by atoms with Crippen molar-refractivity contribution in [2.24, 2.45) is 0 Å². The third-order valence-corrected chi connectivity index (χ3v) is 4.42. The Bertz CT molecular complexity index is 414. The molecule has 2 rings (SSSR count). The van der Waals surface area contributed by atoms with Crippen molar-refractivity contribution < 1.29 is 0 Å². The van der Waals surface area contributed by atoms with Crippen LogP contribution in [0, 0.1) is 0 Å². The van der Waals surface area contributed by atoms with Crippen molar-refractivity contribution >= 4 is 17.6 Å². The maximum Gasteiger partial charge on any atom is 0.129 e. The van der Waals surface area contributed by atoms with Crippen LogP contribution < -0.4 is 10.2 Å². The zero-order valence-corrected chi connectivity index (χ0v) is 13.8. The Morgan fingerprint density at radius 3 is 2.70 bits per heavy atom. The number of pyridine rings is 1. The lowest BCUT2D eigenvalue weighted by Crippen LogP contribution is -2.33. The molecule has 1 fully saturated rings. The molecular weight excluding hydrogens is 266 g/mol. The largest absolute Gasteiger partial charge is 0.355 e. The quantitative estimate of drug-likeness (QED) is 0.872. The summed E-state index contributed by atoms with van der Waals surface area (Å²) in [4.78, 5) is 7.30. The van der Waals surface area contributed by atoms with Gasteiger partial charge in [-0.15, -0.1) is 0 Å². The first-order chi connectivity index (χ1) is 9.69. The van der Waals surface area contributed by atoms with Gasteiger partial charge in [-0.1, -0.05) is 27.2 Å². The molecule has 0 aliphatic carbocycles. The van der Waals surface area contributed by atoms with E-state index in [0.717, 1.165) is 32.5 Å². The van der Waals surface area contributed by atoms with Crippen LogP contribution in [0.15, 0.2) is 12.1 Å². The minimum absolute atomic E-state index is 0.521. The third kappa shape index (κ3) is 4.67. The summed E-state index contributed by atoms with van der Waals surface area (Å²) in [5, 5.41) is 3.51. The fraction of sp³-hybridized carbons (Fsp3) is 0.688. The Balaban J connectivity index is 2.15. The van der Waals surface area contributed by atoms with Crippen molar-refractivity contribution in [2.75, 3.05) is 29.5 Å². The van der Waals surface area contributed by atoms with Crippen molar-refractivity contribution in [1.29, 1.82) is 0 Å². The van der Waals surface area contributed by atoms with E-state index < -0.39 is 0 Å². The molecule has 1 aliphatic rings. The summed E-state index contributed by atoms with van der Waals surface area (Å²) in [5.74, 6) is 3.62. The lowest BCUT2D eigenvalue weighted by Gasteiger charge is -2.28. The van der Waals surface area contributed by atoms with E-state index in [0.29, 0.717) is 6.04 Å². The van der Waals surface area contributed by atoms with Crippen LogP contribution >= 0.6 is 11.8 Å². The van der Waals surface area contributed by atoms with Crippen LogP contribution in [-0.2, 0) is 13.0 Å². The summed E-state index contributed by atoms with van der Waals surface area (Å²) in [5.41, 5.74) is 2.61. The van der Waals surface area contributed by atoms with Crippen molar-refractivity contribution in [2.45, 2.75) is 46.2 Å². The average Bonchev–Trinajstić information content (AvgIpc) is 2.46. The number of rotatable bonds is 6. The first-order valence-electron chi connectivity index (χ1n) is 7.75. The van der Waals surface area contributed by atoms with E-state index in [9.17, 15) is 0 Å². The molecule has 1 saturated heterocycles. The lowest BCUT2D eigenvalue weighted by atomic mass is 10.1. The van der Waals surface area contributed by atoms with Gasteiger partial charge in [0, 0.05) is 42.9 Å². The molecule has 3 nitrogen and oxygen atoms in total. The van der Waals surface area contributed by atoms with Crippen LogP contribution in [0.3, 0.4) is 0 Å². The van der Waals surface area contributed by atoms with Gasteiger partial charge in [-0.25, -0.2) is 4.98 Å². The topological polar surface area (TPSA) is 28.2 Å². The molecule has 1 aliphatic heterocycles. The molecular formula is C16H27N3S. The molecule has 112 valence electrons. The molecule has 0 unspecified atom stereocenters. The van der Waals surface area contributed by atoms with E-state index in [-0.39, 0.29) is 0 Å². The molecule has 0 atom stereocenters. The molecule has 20 heavy (non-hydrogen) atoms. The molecule has 0 amide bonds. The monoisotopic (exact) mass is 293 g/mol. The number of nitrogens with one attached hydrogen (secondary N) is 1. The SMILES string of the molecule is CCCc1cc(CNC(C)C)cc(N2CCSCC2)n1. The van der Waals surface area contributed by atoms with Gasteiger partial charge in [0.25, 0.3) is 0 Å². The maximum atomic E-state index is 4.86. The summed E-state index contributed by atoms with van der Waals surface area (Å²) < 4.78 is 0. The normalized spacial score (nSPS) is 15.9. The predicted octanol–water partition coefficient (Wildman–Crippen LogP) is 3.09. The number of thioether (sulfide) groups is 1. The van der Waals surface area contributed by atoms with E-state index in [1.807, 2.05) is 11.8 Å². The first-order valence-corrected chi connectivity index (χ1v) is 8.90. The van der Waals surface area contributed by atoms with Crippen LogP contribution in [0.2, 0.25) is 0 Å². The molecule has 0 spiro atoms. The number of hydrogen-bond acceptors (Lipinski definition) is 4. The molecule has 0 radical (unpaired) electrons. The lowest BCUT2D eigenvalue weighted by molar-refractivity contribution is 0.588. The number of anilines is 1. The third-order valence-electron chi connectivity index (χ3n) is 3.48. The van der Waals surface area contributed by atoms with Gasteiger partial charge < -0.3 is 10.2 Å². The molecule has 0 aromatic carbocycles. The molecule has 1 N–H and O–H groups in total. The van der Waals surface area contributed by atoms with Gasteiger partial charge in [-0.2, -0.15) is 11.8 Å². The second kappa shape index (κ2) is 7.89. The summed E-state index contributed by atoms with van der Waals surface area (Å²) >= 11 is 2.04. The van der Waals surface area contributed by atoms with Gasteiger partial charge in [0.1, 0.15) is 5.82 Å². The minimum atomic E-state index is 0.521. The Hall–Kier alpha value is -0.740. The highest BCUT2D eigenvalue weighted by Gasteiger charge is 2.14. The van der Waals surface area contributed by atoms with E-state index in [2.05, 4.69) is 43.1 Å². The Labute approximate surface area is 127 Å². The number of aryl methyl sites for hydroxylation is 1. The van der Waals surface area contributed by atoms with Gasteiger partial charge in [-0.05, 0) is 24.1 Å². The van der Waals surface area contributed by atoms with E-state index in [1.165, 1.54) is 28.6 Å². The van der Waals surface area contributed by atoms with E-state index >= 15 is 0 Å². The maximum absolute atomic E-state index is 4.86. The smallest absolute Gasteiger partial charge is 0.129 e. The number of nitrogens with zero attached hydrogens (tertiary/aromatic N) is 2. The molecule has 2 heterocycles. The zero-order valence-electron chi connectivity index (χ0n) is 13.0. The van der Waals surface area contributed by atoms with Crippen LogP contribution in [0.4, 0.5) is 5.82 Å². The van der Waals surface area contributed by atoms with E-state index in [4.69, 9.17) is 4.98 Å². The molecule has 4 heteroatoms. The van der Waals surface area contributed by atoms with Crippen LogP contribution in [0.1, 0.15) is 38.4 Å². The average molecular weight is 293 g/mol. The van der Waals surface area contributed by atoms with Gasteiger partial charge in [0.2, 0.25) is 0 Å². The van der Waals surface area contributed by atoms with Crippen LogP contribution in [-0.4, -0.2) is 35.6 Å². The van der Waals surface area contributed by atoms with Crippen molar-refractivity contribution in [3.05, 3.63) is 23.4 Å². The highest BCUT2D eigenvalue weighted by molar-refractivity contribution is 7.99. The fourth-order valence-electron chi connectivity index (χ4n) is 2.40. The molecule has 0 saturated carbocycles. The Morgan fingerprint density at radius 2 is 2.05 bits per heavy atom. The van der Waals surface area contributed by atoms with Crippen molar-refractivity contribution in [1.82, 2.24) is 10.3 Å². The van der Waals surface area contributed by atoms with Gasteiger partial charge in [0.05, 0.1) is 0 Å². The summed E-state index contributed by atoms with van der Waals surface area (Å²) in [6, 6.07) is 5.05. The highest BCUT2D eigenvalue weighted by Crippen LogP contribution is 2.20. The molecule has 1 aromatic rings. The van der Waals surface area contributed by atoms with Gasteiger partial charge >= 0.3 is 0 Å². The van der Waals surface area contributed by atoms with Crippen LogP contribution in [0.5, 0.6) is 0 Å². The number of aromatic nitrogens is 1. The summed E-state index contributed by atoms with van der Waals surface area (Å²) in [6.45, 7) is 9.80. The van der Waals surface area contributed by atoms with Crippen molar-refractivity contribution in [3.63, 3.8) is 0 Å². The van der Waals surface area contributed by atoms with E-state index in [1.54, 1.807) is 0 Å². The van der Waals surface area contributed by atoms with Gasteiger partial charge in [-0.3, -0.25) is 0 Å². The Morgan fingerprint density at radius 1 is 1.30 bits per heavy atom. The van der Waals surface area contributed by atoms with Gasteiger partial charge in [0.15, 0.2) is 0 Å².